The van der Waals surface area contributed by atoms with Crippen molar-refractivity contribution in [3.63, 3.8) is 0 Å². The lowest BCUT2D eigenvalue weighted by Gasteiger charge is -2.18. The summed E-state index contributed by atoms with van der Waals surface area (Å²) in [7, 11) is 2.01. The summed E-state index contributed by atoms with van der Waals surface area (Å²) in [5, 5.41) is 2.89. The molecule has 1 heterocycles. The molecule has 0 spiro atoms. The Balaban J connectivity index is 2.04. The second-order valence-corrected chi connectivity index (χ2v) is 4.73. The molecule has 1 aromatic rings. The Kier molecular flexibility index (Phi) is 4.02. The molecule has 0 aromatic heterocycles. The predicted octanol–water partition coefficient (Wildman–Crippen LogP) is 2.24. The monoisotopic (exact) mass is 252 g/mol. The summed E-state index contributed by atoms with van der Waals surface area (Å²) in [5.74, 6) is 0.118. The lowest BCUT2D eigenvalue weighted by atomic mass is 9.99. The van der Waals surface area contributed by atoms with Crippen LogP contribution >= 0.6 is 11.6 Å². The highest BCUT2D eigenvalue weighted by atomic mass is 35.5. The van der Waals surface area contributed by atoms with Crippen molar-refractivity contribution in [2.45, 2.75) is 19.3 Å². The van der Waals surface area contributed by atoms with Crippen LogP contribution < -0.4 is 5.32 Å². The summed E-state index contributed by atoms with van der Waals surface area (Å²) >= 11 is 5.73. The van der Waals surface area contributed by atoms with Crippen LogP contribution in [0.2, 0.25) is 0 Å². The number of likely N-dealkylation sites (N-methyl/N-ethyl adjacent to an activating group) is 1. The summed E-state index contributed by atoms with van der Waals surface area (Å²) in [6.45, 7) is 0.953. The van der Waals surface area contributed by atoms with Crippen LogP contribution in [0.4, 0.5) is 5.69 Å². The third-order valence-corrected chi connectivity index (χ3v) is 3.46. The molecule has 3 nitrogen and oxygen atoms in total. The highest BCUT2D eigenvalue weighted by molar-refractivity contribution is 6.17. The maximum absolute atomic E-state index is 11.2. The number of rotatable bonds is 4. The highest BCUT2D eigenvalue weighted by Gasteiger charge is 2.14. The van der Waals surface area contributed by atoms with Gasteiger partial charge in [0.15, 0.2) is 0 Å². The fraction of sp³-hybridized carbons (Fsp3) is 0.462. The maximum atomic E-state index is 11.2. The minimum atomic E-state index is 0.118. The molecule has 2 rings (SSSR count). The van der Waals surface area contributed by atoms with E-state index in [1.807, 2.05) is 13.1 Å². The predicted molar refractivity (Wildman–Crippen MR) is 70.4 cm³/mol. The van der Waals surface area contributed by atoms with Crippen molar-refractivity contribution in [3.8, 4) is 0 Å². The minimum Gasteiger partial charge on any atom is -0.326 e. The average molecular weight is 253 g/mol. The Morgan fingerprint density at radius 1 is 1.41 bits per heavy atom. The molecule has 17 heavy (non-hydrogen) atoms. The third-order valence-electron chi connectivity index (χ3n) is 3.05. The second-order valence-electron chi connectivity index (χ2n) is 4.49. The molecule has 0 atom stereocenters. The van der Waals surface area contributed by atoms with E-state index in [1.165, 1.54) is 11.1 Å². The molecule has 0 aliphatic carbocycles. The normalized spacial score (nSPS) is 14.6. The molecule has 1 N–H and O–H groups in total. The van der Waals surface area contributed by atoms with Gasteiger partial charge in [0.25, 0.3) is 0 Å². The second kappa shape index (κ2) is 5.52. The van der Waals surface area contributed by atoms with E-state index in [4.69, 9.17) is 11.6 Å². The Bertz CT molecular complexity index is 420. The smallest absolute Gasteiger partial charge is 0.224 e. The maximum Gasteiger partial charge on any atom is 0.224 e. The van der Waals surface area contributed by atoms with Gasteiger partial charge in [0.2, 0.25) is 5.91 Å². The van der Waals surface area contributed by atoms with Crippen LogP contribution in [0.15, 0.2) is 18.2 Å². The van der Waals surface area contributed by atoms with E-state index < -0.39 is 0 Å². The number of amides is 1. The highest BCUT2D eigenvalue weighted by Crippen LogP contribution is 2.23. The first kappa shape index (κ1) is 12.4. The first-order valence-corrected chi connectivity index (χ1v) is 6.38. The van der Waals surface area contributed by atoms with Crippen LogP contribution in [0.25, 0.3) is 0 Å². The standard InChI is InChI=1S/C13H17ClN2O/c1-16(9-14)7-6-10-2-4-12-11(8-10)3-5-13(17)15-12/h2,4,8H,3,5-7,9H2,1H3,(H,15,17). The number of fused-ring (bicyclic) bond motifs is 1. The SMILES string of the molecule is CN(CCl)CCc1ccc2c(c1)CCC(=O)N2. The summed E-state index contributed by atoms with van der Waals surface area (Å²) in [6, 6.07) is 6.83. The van der Waals surface area contributed by atoms with Crippen molar-refractivity contribution in [1.29, 1.82) is 0 Å². The van der Waals surface area contributed by atoms with Crippen molar-refractivity contribution in [1.82, 2.24) is 4.90 Å². The van der Waals surface area contributed by atoms with Crippen LogP contribution in [0.5, 0.6) is 0 Å². The molecule has 0 bridgehead atoms. The molecule has 1 aromatic carbocycles. The number of alkyl halides is 1. The van der Waals surface area contributed by atoms with Gasteiger partial charge in [0.05, 0.1) is 6.00 Å². The van der Waals surface area contributed by atoms with Gasteiger partial charge in [-0.2, -0.15) is 0 Å². The lowest BCUT2D eigenvalue weighted by molar-refractivity contribution is -0.116. The number of aryl methyl sites for hydroxylation is 1. The van der Waals surface area contributed by atoms with Crippen molar-refractivity contribution < 1.29 is 4.79 Å². The number of anilines is 1. The van der Waals surface area contributed by atoms with Gasteiger partial charge in [-0.15, -0.1) is 11.6 Å². The van der Waals surface area contributed by atoms with E-state index in [0.717, 1.165) is 25.1 Å². The van der Waals surface area contributed by atoms with Gasteiger partial charge in [-0.05, 0) is 37.1 Å². The minimum absolute atomic E-state index is 0.118. The molecule has 0 radical (unpaired) electrons. The molecular formula is C13H17ClN2O. The molecule has 0 fully saturated rings. The topological polar surface area (TPSA) is 32.3 Å². The van der Waals surface area contributed by atoms with Gasteiger partial charge in [-0.3, -0.25) is 9.69 Å². The van der Waals surface area contributed by atoms with Crippen LogP contribution in [0.1, 0.15) is 17.5 Å². The number of hydrogen-bond acceptors (Lipinski definition) is 2. The zero-order valence-corrected chi connectivity index (χ0v) is 10.8. The van der Waals surface area contributed by atoms with E-state index in [0.29, 0.717) is 12.4 Å². The van der Waals surface area contributed by atoms with E-state index >= 15 is 0 Å². The van der Waals surface area contributed by atoms with Crippen molar-refractivity contribution >= 4 is 23.2 Å². The molecule has 1 aliphatic rings. The number of hydrogen-bond donors (Lipinski definition) is 1. The largest absolute Gasteiger partial charge is 0.326 e. The number of nitrogens with zero attached hydrogens (tertiary/aromatic N) is 1. The number of nitrogens with one attached hydrogen (secondary N) is 1. The fourth-order valence-electron chi connectivity index (χ4n) is 1.97. The Morgan fingerprint density at radius 2 is 2.24 bits per heavy atom. The lowest BCUT2D eigenvalue weighted by Crippen LogP contribution is -2.20. The summed E-state index contributed by atoms with van der Waals surface area (Å²) in [5.41, 5.74) is 3.52. The number of benzene rings is 1. The van der Waals surface area contributed by atoms with Gasteiger partial charge in [0.1, 0.15) is 0 Å². The van der Waals surface area contributed by atoms with Gasteiger partial charge in [-0.25, -0.2) is 0 Å². The van der Waals surface area contributed by atoms with Crippen LogP contribution in [-0.4, -0.2) is 30.4 Å². The van der Waals surface area contributed by atoms with E-state index in [2.05, 4.69) is 22.3 Å². The number of carbonyl (C=O) groups excluding carboxylic acids is 1. The molecule has 0 saturated carbocycles. The van der Waals surface area contributed by atoms with Gasteiger partial charge < -0.3 is 5.32 Å². The molecule has 92 valence electrons. The number of halogens is 1. The summed E-state index contributed by atoms with van der Waals surface area (Å²) in [6.07, 6.45) is 2.43. The Morgan fingerprint density at radius 3 is 3.00 bits per heavy atom. The van der Waals surface area contributed by atoms with Crippen LogP contribution in [0, 0.1) is 0 Å². The Labute approximate surface area is 107 Å². The van der Waals surface area contributed by atoms with Gasteiger partial charge >= 0.3 is 0 Å². The molecular weight excluding hydrogens is 236 g/mol. The molecule has 1 aliphatic heterocycles. The zero-order valence-electron chi connectivity index (χ0n) is 10.0. The van der Waals surface area contributed by atoms with Crippen molar-refractivity contribution in [3.05, 3.63) is 29.3 Å². The Hall–Kier alpha value is -1.06. The fourth-order valence-corrected chi connectivity index (χ4v) is 2.09. The molecule has 0 saturated heterocycles. The first-order valence-electron chi connectivity index (χ1n) is 5.85. The average Bonchev–Trinajstić information content (AvgIpc) is 2.35. The zero-order chi connectivity index (χ0) is 12.3. The quantitative estimate of drug-likeness (QED) is 0.659. The first-order chi connectivity index (χ1) is 8.19. The van der Waals surface area contributed by atoms with E-state index in [9.17, 15) is 4.79 Å². The molecule has 1 amide bonds. The van der Waals surface area contributed by atoms with Crippen molar-refractivity contribution in [2.75, 3.05) is 24.9 Å². The van der Waals surface area contributed by atoms with E-state index in [-0.39, 0.29) is 5.91 Å². The number of carbonyl (C=O) groups is 1. The summed E-state index contributed by atoms with van der Waals surface area (Å²) < 4.78 is 0. The van der Waals surface area contributed by atoms with Crippen LogP contribution in [-0.2, 0) is 17.6 Å². The molecule has 4 heteroatoms. The van der Waals surface area contributed by atoms with Gasteiger partial charge in [-0.1, -0.05) is 12.1 Å². The van der Waals surface area contributed by atoms with E-state index in [1.54, 1.807) is 0 Å². The molecule has 0 unspecified atom stereocenters. The summed E-state index contributed by atoms with van der Waals surface area (Å²) in [4.78, 5) is 13.3. The van der Waals surface area contributed by atoms with Gasteiger partial charge in [0, 0.05) is 18.7 Å². The van der Waals surface area contributed by atoms with Crippen molar-refractivity contribution in [2.24, 2.45) is 0 Å². The van der Waals surface area contributed by atoms with Crippen LogP contribution in [0.3, 0.4) is 0 Å². The third kappa shape index (κ3) is 3.20.